The van der Waals surface area contributed by atoms with Crippen LogP contribution in [0, 0.1) is 0 Å². The van der Waals surface area contributed by atoms with E-state index in [9.17, 15) is 9.59 Å². The minimum Gasteiger partial charge on any atom is -0.484 e. The number of carbonyl (C=O) groups excluding carboxylic acids is 2. The van der Waals surface area contributed by atoms with Crippen LogP contribution in [-0.2, 0) is 4.79 Å². The van der Waals surface area contributed by atoms with Crippen LogP contribution in [0.15, 0.2) is 72.4 Å². The third-order valence-electron chi connectivity index (χ3n) is 3.28. The Bertz CT molecular complexity index is 908. The van der Waals surface area contributed by atoms with Crippen molar-refractivity contribution in [2.45, 2.75) is 0 Å². The fraction of sp³-hybridized carbons (Fsp3) is 0.0556. The third kappa shape index (κ3) is 5.78. The zero-order chi connectivity index (χ0) is 18.9. The molecule has 9 nitrogen and oxygen atoms in total. The molecule has 0 unspecified atom stereocenters. The lowest BCUT2D eigenvalue weighted by atomic mass is 10.2. The first-order valence-corrected chi connectivity index (χ1v) is 7.97. The van der Waals surface area contributed by atoms with E-state index in [4.69, 9.17) is 4.74 Å². The number of hydrogen-bond donors (Lipinski definition) is 2. The first kappa shape index (κ1) is 17.8. The molecule has 0 saturated heterocycles. The summed E-state index contributed by atoms with van der Waals surface area (Å²) in [5, 5.41) is 16.2. The number of aromatic nitrogens is 3. The van der Waals surface area contributed by atoms with Gasteiger partial charge in [0, 0.05) is 5.69 Å². The van der Waals surface area contributed by atoms with Gasteiger partial charge in [0.25, 0.3) is 5.91 Å². The van der Waals surface area contributed by atoms with E-state index in [1.54, 1.807) is 54.7 Å². The summed E-state index contributed by atoms with van der Waals surface area (Å²) in [6.45, 7) is -0.281. The Morgan fingerprint density at radius 1 is 1.04 bits per heavy atom. The molecule has 0 aliphatic heterocycles. The number of imide groups is 1. The highest BCUT2D eigenvalue weighted by atomic mass is 16.5. The number of para-hydroxylation sites is 1. The van der Waals surface area contributed by atoms with Crippen molar-refractivity contribution in [1.82, 2.24) is 20.2 Å². The van der Waals surface area contributed by atoms with Gasteiger partial charge in [-0.2, -0.15) is 5.10 Å². The molecule has 3 aromatic rings. The van der Waals surface area contributed by atoms with Crippen LogP contribution in [-0.4, -0.2) is 39.6 Å². The van der Waals surface area contributed by atoms with Crippen molar-refractivity contribution in [3.05, 3.63) is 72.8 Å². The zero-order valence-electron chi connectivity index (χ0n) is 14.1. The summed E-state index contributed by atoms with van der Waals surface area (Å²) in [6.07, 6.45) is 4.58. The van der Waals surface area contributed by atoms with Gasteiger partial charge in [0.1, 0.15) is 18.4 Å². The van der Waals surface area contributed by atoms with Crippen LogP contribution in [0.4, 0.5) is 10.5 Å². The molecule has 0 fully saturated rings. The lowest BCUT2D eigenvalue weighted by molar-refractivity contribution is -0.121. The Kier molecular flexibility index (Phi) is 5.87. The minimum atomic E-state index is -0.615. The SMILES string of the molecule is O=C(COc1ccc(/C=N/n2cnnc2)cc1)NC(=O)Nc1ccccc1. The van der Waals surface area contributed by atoms with E-state index >= 15 is 0 Å². The van der Waals surface area contributed by atoms with Crippen LogP contribution in [0.25, 0.3) is 0 Å². The molecular weight excluding hydrogens is 348 g/mol. The van der Waals surface area contributed by atoms with Crippen LogP contribution >= 0.6 is 0 Å². The number of benzene rings is 2. The van der Waals surface area contributed by atoms with Gasteiger partial charge in [-0.25, -0.2) is 9.47 Å². The molecular formula is C18H16N6O3. The third-order valence-corrected chi connectivity index (χ3v) is 3.28. The molecule has 2 N–H and O–H groups in total. The van der Waals surface area contributed by atoms with E-state index in [-0.39, 0.29) is 6.61 Å². The van der Waals surface area contributed by atoms with E-state index in [1.165, 1.54) is 17.3 Å². The molecule has 0 atom stereocenters. The summed E-state index contributed by atoms with van der Waals surface area (Å²) in [5.74, 6) is -0.0586. The largest absolute Gasteiger partial charge is 0.484 e. The van der Waals surface area contributed by atoms with Crippen molar-refractivity contribution in [2.24, 2.45) is 5.10 Å². The summed E-state index contributed by atoms with van der Waals surface area (Å²) < 4.78 is 6.83. The van der Waals surface area contributed by atoms with E-state index in [0.29, 0.717) is 11.4 Å². The predicted molar refractivity (Wildman–Crippen MR) is 98.6 cm³/mol. The molecule has 0 aliphatic carbocycles. The summed E-state index contributed by atoms with van der Waals surface area (Å²) in [7, 11) is 0. The highest BCUT2D eigenvalue weighted by Gasteiger charge is 2.08. The van der Waals surface area contributed by atoms with Gasteiger partial charge in [-0.15, -0.1) is 10.2 Å². The Labute approximate surface area is 154 Å². The maximum absolute atomic E-state index is 11.8. The summed E-state index contributed by atoms with van der Waals surface area (Å²) >= 11 is 0. The van der Waals surface area contributed by atoms with Crippen molar-refractivity contribution >= 4 is 23.8 Å². The smallest absolute Gasteiger partial charge is 0.325 e. The maximum Gasteiger partial charge on any atom is 0.325 e. The quantitative estimate of drug-likeness (QED) is 0.649. The molecule has 3 amide bonds. The summed E-state index contributed by atoms with van der Waals surface area (Å²) in [5.41, 5.74) is 1.43. The van der Waals surface area contributed by atoms with Gasteiger partial charge in [-0.05, 0) is 42.0 Å². The van der Waals surface area contributed by atoms with Gasteiger partial charge in [0.05, 0.1) is 6.21 Å². The van der Waals surface area contributed by atoms with Gasteiger partial charge in [-0.3, -0.25) is 10.1 Å². The number of carbonyl (C=O) groups is 2. The standard InChI is InChI=1S/C18H16N6O3/c25-17(23-18(26)22-15-4-2-1-3-5-15)11-27-16-8-6-14(7-9-16)10-21-24-12-19-20-13-24/h1-10,12-13H,11H2,(H2,22,23,25,26)/b21-10+. The van der Waals surface area contributed by atoms with Crippen molar-refractivity contribution in [3.63, 3.8) is 0 Å². The molecule has 27 heavy (non-hydrogen) atoms. The second-order valence-corrected chi connectivity index (χ2v) is 5.31. The Hall–Kier alpha value is -4.01. The second kappa shape index (κ2) is 8.90. The molecule has 1 heterocycles. The molecule has 3 rings (SSSR count). The van der Waals surface area contributed by atoms with Gasteiger partial charge in [-0.1, -0.05) is 18.2 Å². The first-order valence-electron chi connectivity index (χ1n) is 7.97. The Morgan fingerprint density at radius 2 is 1.74 bits per heavy atom. The van der Waals surface area contributed by atoms with Crippen molar-refractivity contribution < 1.29 is 14.3 Å². The topological polar surface area (TPSA) is 110 Å². The van der Waals surface area contributed by atoms with E-state index in [0.717, 1.165) is 5.56 Å². The summed E-state index contributed by atoms with van der Waals surface area (Å²) in [6, 6.07) is 15.2. The lowest BCUT2D eigenvalue weighted by Crippen LogP contribution is -2.37. The Morgan fingerprint density at radius 3 is 2.44 bits per heavy atom. The van der Waals surface area contributed by atoms with E-state index < -0.39 is 11.9 Å². The summed E-state index contributed by atoms with van der Waals surface area (Å²) in [4.78, 5) is 23.5. The predicted octanol–water partition coefficient (Wildman–Crippen LogP) is 1.89. The van der Waals surface area contributed by atoms with Crippen LogP contribution in [0.3, 0.4) is 0 Å². The fourth-order valence-corrected chi connectivity index (χ4v) is 2.03. The van der Waals surface area contributed by atoms with Crippen molar-refractivity contribution in [1.29, 1.82) is 0 Å². The first-order chi connectivity index (χ1) is 13.2. The molecule has 2 aromatic carbocycles. The van der Waals surface area contributed by atoms with Crippen molar-refractivity contribution in [3.8, 4) is 5.75 Å². The maximum atomic E-state index is 11.8. The number of urea groups is 1. The normalized spacial score (nSPS) is 10.5. The molecule has 0 saturated carbocycles. The number of nitrogens with zero attached hydrogens (tertiary/aromatic N) is 4. The molecule has 0 radical (unpaired) electrons. The van der Waals surface area contributed by atoms with Crippen LogP contribution < -0.4 is 15.4 Å². The molecule has 9 heteroatoms. The highest BCUT2D eigenvalue weighted by molar-refractivity contribution is 6.01. The average molecular weight is 364 g/mol. The van der Waals surface area contributed by atoms with Crippen LogP contribution in [0.5, 0.6) is 5.75 Å². The zero-order valence-corrected chi connectivity index (χ0v) is 14.1. The number of amides is 3. The lowest BCUT2D eigenvalue weighted by Gasteiger charge is -2.08. The molecule has 0 aliphatic rings. The van der Waals surface area contributed by atoms with Crippen LogP contribution in [0.2, 0.25) is 0 Å². The van der Waals surface area contributed by atoms with Gasteiger partial charge >= 0.3 is 6.03 Å². The minimum absolute atomic E-state index is 0.281. The molecule has 1 aromatic heterocycles. The number of ether oxygens (including phenoxy) is 1. The monoisotopic (exact) mass is 364 g/mol. The van der Waals surface area contributed by atoms with Crippen LogP contribution in [0.1, 0.15) is 5.56 Å². The molecule has 136 valence electrons. The van der Waals surface area contributed by atoms with Gasteiger partial charge in [0.2, 0.25) is 0 Å². The highest BCUT2D eigenvalue weighted by Crippen LogP contribution is 2.11. The van der Waals surface area contributed by atoms with Crippen molar-refractivity contribution in [2.75, 3.05) is 11.9 Å². The van der Waals surface area contributed by atoms with E-state index in [1.807, 2.05) is 6.07 Å². The van der Waals surface area contributed by atoms with E-state index in [2.05, 4.69) is 25.9 Å². The van der Waals surface area contributed by atoms with Gasteiger partial charge in [0.15, 0.2) is 6.61 Å². The number of anilines is 1. The number of nitrogens with one attached hydrogen (secondary N) is 2. The molecule has 0 spiro atoms. The van der Waals surface area contributed by atoms with Gasteiger partial charge < -0.3 is 10.1 Å². The Balaban J connectivity index is 1.44. The molecule has 0 bridgehead atoms. The number of hydrogen-bond acceptors (Lipinski definition) is 6. The second-order valence-electron chi connectivity index (χ2n) is 5.31. The average Bonchev–Trinajstić information content (AvgIpc) is 3.20. The fourth-order valence-electron chi connectivity index (χ4n) is 2.03. The number of rotatable bonds is 6.